The Kier molecular flexibility index (Phi) is 3.41. The maximum absolute atomic E-state index is 13.0. The molecule has 0 saturated carbocycles. The highest BCUT2D eigenvalue weighted by molar-refractivity contribution is 6.05. The minimum atomic E-state index is -1.64. The number of aromatic hydroxyl groups is 1. The van der Waals surface area contributed by atoms with E-state index in [9.17, 15) is 23.1 Å². The van der Waals surface area contributed by atoms with E-state index >= 15 is 0 Å². The molecule has 0 aliphatic heterocycles. The van der Waals surface area contributed by atoms with Gasteiger partial charge in [0.15, 0.2) is 17.5 Å². The molecule has 0 atom stereocenters. The van der Waals surface area contributed by atoms with Crippen LogP contribution in [0.25, 0.3) is 0 Å². The molecule has 2 aromatic carbocycles. The first-order valence-electron chi connectivity index (χ1n) is 5.23. The molecule has 0 aliphatic carbocycles. The van der Waals surface area contributed by atoms with Gasteiger partial charge in [0, 0.05) is 5.56 Å². The van der Waals surface area contributed by atoms with E-state index in [1.165, 1.54) is 12.1 Å². The number of hydrogen-bond donors (Lipinski definition) is 2. The highest BCUT2D eigenvalue weighted by atomic mass is 19.2. The molecule has 0 saturated heterocycles. The van der Waals surface area contributed by atoms with E-state index in [1.807, 2.05) is 0 Å². The average molecular weight is 267 g/mol. The van der Waals surface area contributed by atoms with Gasteiger partial charge in [-0.2, -0.15) is 0 Å². The van der Waals surface area contributed by atoms with Crippen LogP contribution >= 0.6 is 0 Å². The zero-order valence-electron chi connectivity index (χ0n) is 9.45. The molecule has 2 rings (SSSR count). The predicted molar refractivity (Wildman–Crippen MR) is 62.4 cm³/mol. The zero-order chi connectivity index (χ0) is 14.0. The summed E-state index contributed by atoms with van der Waals surface area (Å²) in [5, 5.41) is 11.7. The van der Waals surface area contributed by atoms with E-state index in [-0.39, 0.29) is 17.0 Å². The van der Waals surface area contributed by atoms with E-state index in [4.69, 9.17) is 0 Å². The molecule has 19 heavy (non-hydrogen) atoms. The van der Waals surface area contributed by atoms with E-state index in [0.29, 0.717) is 12.1 Å². The number of hydrogen-bond acceptors (Lipinski definition) is 2. The number of anilines is 1. The number of para-hydroxylation sites is 2. The third-order valence-corrected chi connectivity index (χ3v) is 2.40. The van der Waals surface area contributed by atoms with Gasteiger partial charge in [-0.1, -0.05) is 12.1 Å². The number of rotatable bonds is 2. The fourth-order valence-corrected chi connectivity index (χ4v) is 1.46. The van der Waals surface area contributed by atoms with Crippen LogP contribution in [0.15, 0.2) is 36.4 Å². The average Bonchev–Trinajstić information content (AvgIpc) is 2.38. The van der Waals surface area contributed by atoms with Crippen molar-refractivity contribution in [3.63, 3.8) is 0 Å². The van der Waals surface area contributed by atoms with Gasteiger partial charge in [0.1, 0.15) is 5.75 Å². The topological polar surface area (TPSA) is 49.3 Å². The zero-order valence-corrected chi connectivity index (χ0v) is 9.45. The Balaban J connectivity index is 2.28. The van der Waals surface area contributed by atoms with Crippen LogP contribution in [0, 0.1) is 17.5 Å². The second-order valence-corrected chi connectivity index (χ2v) is 3.73. The molecular weight excluding hydrogens is 259 g/mol. The molecule has 0 spiro atoms. The molecule has 0 aromatic heterocycles. The lowest BCUT2D eigenvalue weighted by molar-refractivity contribution is 0.102. The summed E-state index contributed by atoms with van der Waals surface area (Å²) in [6, 6.07) is 7.00. The van der Waals surface area contributed by atoms with Crippen LogP contribution in [0.5, 0.6) is 5.75 Å². The predicted octanol–water partition coefficient (Wildman–Crippen LogP) is 3.06. The molecular formula is C13H8F3NO2. The molecule has 0 unspecified atom stereocenters. The number of phenols is 1. The van der Waals surface area contributed by atoms with Gasteiger partial charge in [-0.3, -0.25) is 4.79 Å². The number of amides is 1. The van der Waals surface area contributed by atoms with Crippen molar-refractivity contribution in [2.45, 2.75) is 0 Å². The van der Waals surface area contributed by atoms with Crippen molar-refractivity contribution in [3.05, 3.63) is 59.4 Å². The van der Waals surface area contributed by atoms with Gasteiger partial charge in [-0.05, 0) is 24.3 Å². The number of phenolic OH excluding ortho intramolecular Hbond substituents is 1. The number of halogens is 3. The lowest BCUT2D eigenvalue weighted by Crippen LogP contribution is -2.13. The summed E-state index contributed by atoms with van der Waals surface area (Å²) >= 11 is 0. The Morgan fingerprint density at radius 2 is 1.63 bits per heavy atom. The second-order valence-electron chi connectivity index (χ2n) is 3.73. The van der Waals surface area contributed by atoms with Crippen molar-refractivity contribution in [2.24, 2.45) is 0 Å². The number of carbonyl (C=O) groups excluding carboxylic acids is 1. The van der Waals surface area contributed by atoms with E-state index in [0.717, 1.165) is 0 Å². The third-order valence-electron chi connectivity index (χ3n) is 2.40. The minimum Gasteiger partial charge on any atom is -0.506 e. The van der Waals surface area contributed by atoms with Gasteiger partial charge in [-0.15, -0.1) is 0 Å². The molecule has 2 aromatic rings. The fraction of sp³-hybridized carbons (Fsp3) is 0. The Labute approximate surface area is 106 Å². The van der Waals surface area contributed by atoms with Crippen LogP contribution < -0.4 is 5.32 Å². The lowest BCUT2D eigenvalue weighted by Gasteiger charge is -2.07. The van der Waals surface area contributed by atoms with E-state index < -0.39 is 23.4 Å². The van der Waals surface area contributed by atoms with Crippen LogP contribution in [0.1, 0.15) is 10.4 Å². The van der Waals surface area contributed by atoms with Gasteiger partial charge >= 0.3 is 0 Å². The van der Waals surface area contributed by atoms with Crippen LogP contribution in [0.2, 0.25) is 0 Å². The first-order valence-corrected chi connectivity index (χ1v) is 5.23. The molecule has 0 heterocycles. The Morgan fingerprint density at radius 1 is 1.05 bits per heavy atom. The van der Waals surface area contributed by atoms with Crippen molar-refractivity contribution in [1.29, 1.82) is 0 Å². The van der Waals surface area contributed by atoms with Crippen LogP contribution in [0.3, 0.4) is 0 Å². The fourth-order valence-electron chi connectivity index (χ4n) is 1.46. The van der Waals surface area contributed by atoms with Crippen molar-refractivity contribution < 1.29 is 23.1 Å². The lowest BCUT2D eigenvalue weighted by atomic mass is 10.2. The molecule has 98 valence electrons. The third kappa shape index (κ3) is 2.67. The summed E-state index contributed by atoms with van der Waals surface area (Å²) < 4.78 is 38.7. The normalized spacial score (nSPS) is 10.3. The Morgan fingerprint density at radius 3 is 2.21 bits per heavy atom. The molecule has 2 N–H and O–H groups in total. The highest BCUT2D eigenvalue weighted by Gasteiger charge is 2.15. The molecule has 1 amide bonds. The first kappa shape index (κ1) is 12.9. The van der Waals surface area contributed by atoms with Gasteiger partial charge in [0.2, 0.25) is 0 Å². The van der Waals surface area contributed by atoms with Gasteiger partial charge in [-0.25, -0.2) is 13.2 Å². The Bertz CT molecular complexity index is 621. The summed E-state index contributed by atoms with van der Waals surface area (Å²) in [6.07, 6.45) is 0. The van der Waals surface area contributed by atoms with Crippen LogP contribution in [0.4, 0.5) is 18.9 Å². The maximum atomic E-state index is 13.0. The van der Waals surface area contributed by atoms with Crippen molar-refractivity contribution in [1.82, 2.24) is 0 Å². The summed E-state index contributed by atoms with van der Waals surface area (Å²) in [5.74, 6) is -5.61. The summed E-state index contributed by atoms with van der Waals surface area (Å²) in [6.45, 7) is 0. The molecule has 0 fully saturated rings. The van der Waals surface area contributed by atoms with Gasteiger partial charge < -0.3 is 10.4 Å². The largest absolute Gasteiger partial charge is 0.506 e. The highest BCUT2D eigenvalue weighted by Crippen LogP contribution is 2.22. The summed E-state index contributed by atoms with van der Waals surface area (Å²) in [7, 11) is 0. The van der Waals surface area contributed by atoms with Crippen molar-refractivity contribution in [2.75, 3.05) is 5.32 Å². The Hall–Kier alpha value is -2.50. The van der Waals surface area contributed by atoms with Crippen LogP contribution in [-0.4, -0.2) is 11.0 Å². The SMILES string of the molecule is O=C(Nc1ccccc1O)c1cc(F)c(F)c(F)c1. The van der Waals surface area contributed by atoms with E-state index in [1.54, 1.807) is 12.1 Å². The number of nitrogens with one attached hydrogen (secondary N) is 1. The molecule has 6 heteroatoms. The van der Waals surface area contributed by atoms with Crippen molar-refractivity contribution in [3.8, 4) is 5.75 Å². The van der Waals surface area contributed by atoms with E-state index in [2.05, 4.69) is 5.32 Å². The van der Waals surface area contributed by atoms with Gasteiger partial charge in [0.25, 0.3) is 5.91 Å². The smallest absolute Gasteiger partial charge is 0.255 e. The molecule has 0 radical (unpaired) electrons. The first-order chi connectivity index (χ1) is 8.99. The molecule has 0 bridgehead atoms. The second kappa shape index (κ2) is 5.01. The van der Waals surface area contributed by atoms with Crippen molar-refractivity contribution >= 4 is 11.6 Å². The number of carbonyl (C=O) groups is 1. The maximum Gasteiger partial charge on any atom is 0.255 e. The minimum absolute atomic E-state index is 0.0811. The quantitative estimate of drug-likeness (QED) is 0.649. The summed E-state index contributed by atoms with van der Waals surface area (Å²) in [5.41, 5.74) is -0.308. The summed E-state index contributed by atoms with van der Waals surface area (Å²) in [4.78, 5) is 11.7. The molecule has 3 nitrogen and oxygen atoms in total. The van der Waals surface area contributed by atoms with Gasteiger partial charge in [0.05, 0.1) is 5.69 Å². The van der Waals surface area contributed by atoms with Crippen LogP contribution in [-0.2, 0) is 0 Å². The number of benzene rings is 2. The standard InChI is InChI=1S/C13H8F3NO2/c14-8-5-7(6-9(15)12(8)16)13(19)17-10-3-1-2-4-11(10)18/h1-6,18H,(H,17,19). The molecule has 0 aliphatic rings. The monoisotopic (exact) mass is 267 g/mol.